The number of hydrogen-bond donors (Lipinski definition) is 2. The van der Waals surface area contributed by atoms with Crippen LogP contribution in [0.4, 0.5) is 4.39 Å². The van der Waals surface area contributed by atoms with Gasteiger partial charge in [0.2, 0.25) is 5.91 Å². The molecule has 0 aliphatic heterocycles. The van der Waals surface area contributed by atoms with E-state index in [1.807, 2.05) is 0 Å². The third-order valence-electron chi connectivity index (χ3n) is 3.63. The van der Waals surface area contributed by atoms with Crippen molar-refractivity contribution in [1.29, 1.82) is 0 Å². The van der Waals surface area contributed by atoms with Crippen LogP contribution in [0, 0.1) is 11.7 Å². The van der Waals surface area contributed by atoms with Crippen molar-refractivity contribution in [2.24, 2.45) is 5.92 Å². The zero-order valence-corrected chi connectivity index (χ0v) is 10.6. The molecule has 0 spiro atoms. The Balaban J connectivity index is 1.57. The highest BCUT2D eigenvalue weighted by molar-refractivity contribution is 5.79. The Morgan fingerprint density at radius 1 is 1.47 bits per heavy atom. The number of hydrogen-bond acceptors (Lipinski definition) is 2. The van der Waals surface area contributed by atoms with Crippen LogP contribution in [-0.4, -0.2) is 22.4 Å². The normalized spacial score (nSPS) is 15.4. The molecule has 0 saturated heterocycles. The Bertz CT molecular complexity index is 604. The molecule has 3 rings (SSSR count). The van der Waals surface area contributed by atoms with E-state index in [0.29, 0.717) is 18.5 Å². The van der Waals surface area contributed by atoms with Gasteiger partial charge in [-0.2, -0.15) is 0 Å². The highest BCUT2D eigenvalue weighted by Gasteiger charge is 2.24. The van der Waals surface area contributed by atoms with Crippen molar-refractivity contribution in [3.8, 4) is 0 Å². The number of carbonyl (C=O) groups is 1. The molecule has 1 aliphatic carbocycles. The van der Waals surface area contributed by atoms with Gasteiger partial charge in [-0.1, -0.05) is 6.42 Å². The van der Waals surface area contributed by atoms with E-state index in [0.717, 1.165) is 30.6 Å². The van der Waals surface area contributed by atoms with Crippen LogP contribution in [-0.2, 0) is 11.2 Å². The van der Waals surface area contributed by atoms with Gasteiger partial charge in [-0.05, 0) is 31.0 Å². The molecule has 0 bridgehead atoms. The summed E-state index contributed by atoms with van der Waals surface area (Å²) in [6, 6.07) is 4.47. The molecule has 5 heteroatoms. The Hall–Kier alpha value is -1.91. The Morgan fingerprint density at radius 3 is 3.05 bits per heavy atom. The van der Waals surface area contributed by atoms with E-state index < -0.39 is 0 Å². The summed E-state index contributed by atoms with van der Waals surface area (Å²) in [7, 11) is 0. The second kappa shape index (κ2) is 4.99. The number of carbonyl (C=O) groups excluding carboxylic acids is 1. The highest BCUT2D eigenvalue weighted by atomic mass is 19.1. The van der Waals surface area contributed by atoms with Gasteiger partial charge in [0, 0.05) is 18.9 Å². The van der Waals surface area contributed by atoms with Crippen molar-refractivity contribution in [1.82, 2.24) is 15.3 Å². The number of aromatic nitrogens is 2. The molecule has 1 aliphatic rings. The van der Waals surface area contributed by atoms with Gasteiger partial charge in [0.1, 0.15) is 11.6 Å². The molecule has 1 heterocycles. The number of fused-ring (bicyclic) bond motifs is 1. The Kier molecular flexibility index (Phi) is 3.19. The van der Waals surface area contributed by atoms with Crippen LogP contribution in [0.15, 0.2) is 18.2 Å². The van der Waals surface area contributed by atoms with Crippen LogP contribution in [0.5, 0.6) is 0 Å². The maximum atomic E-state index is 13.0. The molecule has 2 aromatic rings. The van der Waals surface area contributed by atoms with E-state index in [1.165, 1.54) is 12.1 Å². The van der Waals surface area contributed by atoms with Crippen LogP contribution >= 0.6 is 0 Å². The van der Waals surface area contributed by atoms with Crippen molar-refractivity contribution < 1.29 is 9.18 Å². The lowest BCUT2D eigenvalue weighted by Gasteiger charge is -2.23. The molecule has 0 radical (unpaired) electrons. The average Bonchev–Trinajstić information content (AvgIpc) is 2.68. The monoisotopic (exact) mass is 261 g/mol. The minimum absolute atomic E-state index is 0.147. The van der Waals surface area contributed by atoms with Crippen molar-refractivity contribution in [2.45, 2.75) is 25.7 Å². The lowest BCUT2D eigenvalue weighted by molar-refractivity contribution is -0.127. The van der Waals surface area contributed by atoms with Gasteiger partial charge in [0.25, 0.3) is 0 Å². The summed E-state index contributed by atoms with van der Waals surface area (Å²) in [6.45, 7) is 0.567. The molecular formula is C14H16FN3O. The van der Waals surface area contributed by atoms with E-state index in [-0.39, 0.29) is 17.6 Å². The summed E-state index contributed by atoms with van der Waals surface area (Å²) >= 11 is 0. The maximum Gasteiger partial charge on any atom is 0.223 e. The summed E-state index contributed by atoms with van der Waals surface area (Å²) in [4.78, 5) is 19.1. The molecule has 0 atom stereocenters. The largest absolute Gasteiger partial charge is 0.355 e. The predicted octanol–water partition coefficient (Wildman–Crippen LogP) is 2.16. The summed E-state index contributed by atoms with van der Waals surface area (Å²) in [5, 5.41) is 2.92. The number of aromatic amines is 1. The number of nitrogens with one attached hydrogen (secondary N) is 2. The molecule has 1 fully saturated rings. The first-order valence-electron chi connectivity index (χ1n) is 6.64. The number of rotatable bonds is 4. The predicted molar refractivity (Wildman–Crippen MR) is 70.1 cm³/mol. The van der Waals surface area contributed by atoms with Gasteiger partial charge in [-0.25, -0.2) is 9.37 Å². The van der Waals surface area contributed by atoms with Gasteiger partial charge in [-0.15, -0.1) is 0 Å². The first-order chi connectivity index (χ1) is 9.22. The lowest BCUT2D eigenvalue weighted by atomic mass is 9.85. The van der Waals surface area contributed by atoms with E-state index in [4.69, 9.17) is 0 Å². The fraction of sp³-hybridized carbons (Fsp3) is 0.429. The smallest absolute Gasteiger partial charge is 0.223 e. The van der Waals surface area contributed by atoms with Crippen LogP contribution in [0.2, 0.25) is 0 Å². The van der Waals surface area contributed by atoms with Gasteiger partial charge in [-0.3, -0.25) is 4.79 Å². The van der Waals surface area contributed by atoms with Crippen molar-refractivity contribution in [3.05, 3.63) is 29.8 Å². The fourth-order valence-corrected chi connectivity index (χ4v) is 2.27. The molecule has 0 unspecified atom stereocenters. The number of H-pyrrole nitrogens is 1. The molecule has 19 heavy (non-hydrogen) atoms. The zero-order chi connectivity index (χ0) is 13.2. The number of amides is 1. The summed E-state index contributed by atoms with van der Waals surface area (Å²) in [5.74, 6) is 0.855. The molecule has 2 N–H and O–H groups in total. The van der Waals surface area contributed by atoms with Gasteiger partial charge in [0.05, 0.1) is 11.0 Å². The zero-order valence-electron chi connectivity index (χ0n) is 10.6. The molecule has 4 nitrogen and oxygen atoms in total. The molecule has 100 valence electrons. The topological polar surface area (TPSA) is 57.8 Å². The van der Waals surface area contributed by atoms with Crippen LogP contribution in [0.3, 0.4) is 0 Å². The SMILES string of the molecule is O=C(NCCc1nc2ccc(F)cc2[nH]1)C1CCC1. The standard InChI is InChI=1S/C14H16FN3O/c15-10-4-5-11-12(8-10)18-13(17-11)6-7-16-14(19)9-2-1-3-9/h4-5,8-9H,1-3,6-7H2,(H,16,19)(H,17,18). The van der Waals surface area contributed by atoms with Crippen LogP contribution in [0.1, 0.15) is 25.1 Å². The van der Waals surface area contributed by atoms with Crippen LogP contribution < -0.4 is 5.32 Å². The third kappa shape index (κ3) is 2.59. The molecular weight excluding hydrogens is 245 g/mol. The lowest BCUT2D eigenvalue weighted by Crippen LogP contribution is -2.35. The third-order valence-corrected chi connectivity index (χ3v) is 3.63. The summed E-state index contributed by atoms with van der Waals surface area (Å²) < 4.78 is 13.0. The van der Waals surface area contributed by atoms with Crippen LogP contribution in [0.25, 0.3) is 11.0 Å². The average molecular weight is 261 g/mol. The van der Waals surface area contributed by atoms with E-state index in [2.05, 4.69) is 15.3 Å². The number of benzene rings is 1. The minimum atomic E-state index is -0.277. The van der Waals surface area contributed by atoms with Gasteiger partial charge >= 0.3 is 0 Å². The molecule has 1 amide bonds. The van der Waals surface area contributed by atoms with Crippen molar-refractivity contribution in [2.75, 3.05) is 6.54 Å². The molecule has 1 aromatic carbocycles. The highest BCUT2D eigenvalue weighted by Crippen LogP contribution is 2.26. The second-order valence-electron chi connectivity index (χ2n) is 5.01. The summed E-state index contributed by atoms with van der Waals surface area (Å²) in [5.41, 5.74) is 1.45. The quantitative estimate of drug-likeness (QED) is 0.886. The second-order valence-corrected chi connectivity index (χ2v) is 5.01. The van der Waals surface area contributed by atoms with E-state index >= 15 is 0 Å². The van der Waals surface area contributed by atoms with Crippen molar-refractivity contribution >= 4 is 16.9 Å². The number of imidazole rings is 1. The Labute approximate surface area is 110 Å². The van der Waals surface area contributed by atoms with E-state index in [9.17, 15) is 9.18 Å². The number of halogens is 1. The minimum Gasteiger partial charge on any atom is -0.355 e. The van der Waals surface area contributed by atoms with E-state index in [1.54, 1.807) is 6.07 Å². The number of nitrogens with zero attached hydrogens (tertiary/aromatic N) is 1. The van der Waals surface area contributed by atoms with Crippen molar-refractivity contribution in [3.63, 3.8) is 0 Å². The maximum absolute atomic E-state index is 13.0. The molecule has 1 saturated carbocycles. The first kappa shape index (κ1) is 12.1. The molecule has 1 aromatic heterocycles. The first-order valence-corrected chi connectivity index (χ1v) is 6.64. The Morgan fingerprint density at radius 2 is 2.32 bits per heavy atom. The van der Waals surface area contributed by atoms with Gasteiger partial charge in [0.15, 0.2) is 0 Å². The van der Waals surface area contributed by atoms with Gasteiger partial charge < -0.3 is 10.3 Å². The fourth-order valence-electron chi connectivity index (χ4n) is 2.27. The summed E-state index contributed by atoms with van der Waals surface area (Å²) in [6.07, 6.45) is 3.81.